The number of carbonyl (C=O) groups excluding carboxylic acids is 1. The zero-order valence-electron chi connectivity index (χ0n) is 18.7. The molecular weight excluding hydrogens is 442 g/mol. The Morgan fingerprint density at radius 3 is 2.70 bits per heavy atom. The number of ether oxygens (including phenoxy) is 4. The minimum Gasteiger partial charge on any atom is -0.497 e. The van der Waals surface area contributed by atoms with Crippen molar-refractivity contribution in [3.63, 3.8) is 0 Å². The van der Waals surface area contributed by atoms with E-state index in [0.717, 1.165) is 35.6 Å². The Kier molecular flexibility index (Phi) is 6.34. The molecule has 1 saturated heterocycles. The van der Waals surface area contributed by atoms with E-state index in [-0.39, 0.29) is 5.91 Å². The number of para-hydroxylation sites is 2. The molecule has 33 heavy (non-hydrogen) atoms. The third kappa shape index (κ3) is 4.62. The Morgan fingerprint density at radius 2 is 1.94 bits per heavy atom. The molecule has 3 heterocycles. The highest BCUT2D eigenvalue weighted by molar-refractivity contribution is 7.22. The van der Waals surface area contributed by atoms with Crippen LogP contribution in [0.15, 0.2) is 42.5 Å². The van der Waals surface area contributed by atoms with E-state index in [2.05, 4.69) is 4.90 Å². The summed E-state index contributed by atoms with van der Waals surface area (Å²) in [6.07, 6.45) is -1.18. The molecule has 0 saturated carbocycles. The van der Waals surface area contributed by atoms with Crippen LogP contribution in [0.2, 0.25) is 0 Å². The Bertz CT molecular complexity index is 1130. The lowest BCUT2D eigenvalue weighted by Crippen LogP contribution is -2.52. The molecule has 0 spiro atoms. The fourth-order valence-electron chi connectivity index (χ4n) is 4.05. The standard InChI is InChI=1S/C24H27N3O5S/c1-16-22(32-20-6-4-3-5-19(20)31-16)23(28)27(10-9-26-11-13-30-14-12-26)24-25-18-8-7-17(29-2)15-21(18)33-24/h3-8,15-16,22H,9-14H2,1-2H3. The van der Waals surface area contributed by atoms with Gasteiger partial charge in [-0.2, -0.15) is 0 Å². The molecule has 3 aromatic rings. The van der Waals surface area contributed by atoms with Crippen molar-refractivity contribution >= 4 is 32.6 Å². The molecule has 174 valence electrons. The normalized spacial score (nSPS) is 20.5. The first kappa shape index (κ1) is 21.9. The number of benzene rings is 2. The lowest BCUT2D eigenvalue weighted by Gasteiger charge is -2.34. The van der Waals surface area contributed by atoms with Gasteiger partial charge in [-0.1, -0.05) is 23.5 Å². The van der Waals surface area contributed by atoms with Crippen LogP contribution in [0.5, 0.6) is 17.2 Å². The van der Waals surface area contributed by atoms with Crippen molar-refractivity contribution in [3.8, 4) is 17.2 Å². The van der Waals surface area contributed by atoms with Gasteiger partial charge in [-0.15, -0.1) is 0 Å². The number of anilines is 1. The Labute approximate surface area is 196 Å². The van der Waals surface area contributed by atoms with E-state index >= 15 is 0 Å². The van der Waals surface area contributed by atoms with Crippen molar-refractivity contribution in [1.29, 1.82) is 0 Å². The first-order chi connectivity index (χ1) is 16.1. The molecule has 0 aliphatic carbocycles. The fraction of sp³-hybridized carbons (Fsp3) is 0.417. The van der Waals surface area contributed by atoms with Crippen molar-refractivity contribution in [3.05, 3.63) is 42.5 Å². The highest BCUT2D eigenvalue weighted by Crippen LogP contribution is 2.36. The average Bonchev–Trinajstić information content (AvgIpc) is 3.27. The lowest BCUT2D eigenvalue weighted by atomic mass is 10.1. The fourth-order valence-corrected chi connectivity index (χ4v) is 5.07. The van der Waals surface area contributed by atoms with Gasteiger partial charge in [0.05, 0.1) is 30.5 Å². The Morgan fingerprint density at radius 1 is 1.18 bits per heavy atom. The van der Waals surface area contributed by atoms with Gasteiger partial charge in [-0.3, -0.25) is 14.6 Å². The largest absolute Gasteiger partial charge is 0.497 e. The highest BCUT2D eigenvalue weighted by Gasteiger charge is 2.38. The maximum atomic E-state index is 13.8. The molecule has 5 rings (SSSR count). The molecule has 9 heteroatoms. The summed E-state index contributed by atoms with van der Waals surface area (Å²) in [4.78, 5) is 22.6. The molecular formula is C24H27N3O5S. The maximum Gasteiger partial charge on any atom is 0.273 e. The van der Waals surface area contributed by atoms with Gasteiger partial charge in [0.25, 0.3) is 5.91 Å². The number of amides is 1. The van der Waals surface area contributed by atoms with Gasteiger partial charge in [-0.25, -0.2) is 4.98 Å². The van der Waals surface area contributed by atoms with Crippen LogP contribution < -0.4 is 19.1 Å². The van der Waals surface area contributed by atoms with Crippen molar-refractivity contribution in [2.75, 3.05) is 51.4 Å². The second kappa shape index (κ2) is 9.54. The number of methoxy groups -OCH3 is 1. The number of fused-ring (bicyclic) bond motifs is 2. The van der Waals surface area contributed by atoms with E-state index in [4.69, 9.17) is 23.9 Å². The van der Waals surface area contributed by atoms with Crippen LogP contribution in [-0.2, 0) is 9.53 Å². The van der Waals surface area contributed by atoms with Crippen molar-refractivity contribution in [1.82, 2.24) is 9.88 Å². The lowest BCUT2D eigenvalue weighted by molar-refractivity contribution is -0.130. The molecule has 0 N–H and O–H groups in total. The number of thiazole rings is 1. The number of aromatic nitrogens is 1. The number of carbonyl (C=O) groups is 1. The second-order valence-corrected chi connectivity index (χ2v) is 9.09. The summed E-state index contributed by atoms with van der Waals surface area (Å²) in [5.74, 6) is 1.84. The van der Waals surface area contributed by atoms with Crippen molar-refractivity contribution < 1.29 is 23.7 Å². The van der Waals surface area contributed by atoms with Gasteiger partial charge in [-0.05, 0) is 37.3 Å². The second-order valence-electron chi connectivity index (χ2n) is 8.08. The quantitative estimate of drug-likeness (QED) is 0.549. The summed E-state index contributed by atoms with van der Waals surface area (Å²) >= 11 is 1.48. The predicted octanol–water partition coefficient (Wildman–Crippen LogP) is 3.20. The van der Waals surface area contributed by atoms with E-state index < -0.39 is 12.2 Å². The summed E-state index contributed by atoms with van der Waals surface area (Å²) in [7, 11) is 1.64. The van der Waals surface area contributed by atoms with E-state index in [1.165, 1.54) is 11.3 Å². The van der Waals surface area contributed by atoms with Crippen molar-refractivity contribution in [2.24, 2.45) is 0 Å². The van der Waals surface area contributed by atoms with Crippen molar-refractivity contribution in [2.45, 2.75) is 19.1 Å². The Balaban J connectivity index is 1.43. The summed E-state index contributed by atoms with van der Waals surface area (Å²) in [5, 5.41) is 0.645. The van der Waals surface area contributed by atoms with Gasteiger partial charge < -0.3 is 18.9 Å². The summed E-state index contributed by atoms with van der Waals surface area (Å²) in [6, 6.07) is 13.2. The number of rotatable bonds is 6. The molecule has 2 aliphatic heterocycles. The molecule has 2 aromatic carbocycles. The van der Waals surface area contributed by atoms with E-state index in [1.807, 2.05) is 49.4 Å². The van der Waals surface area contributed by atoms with Crippen LogP contribution in [0, 0.1) is 0 Å². The zero-order chi connectivity index (χ0) is 22.8. The van der Waals surface area contributed by atoms with Crippen LogP contribution in [0.1, 0.15) is 6.92 Å². The maximum absolute atomic E-state index is 13.8. The molecule has 0 radical (unpaired) electrons. The van der Waals surface area contributed by atoms with Crippen LogP contribution in [0.25, 0.3) is 10.2 Å². The molecule has 1 fully saturated rings. The van der Waals surface area contributed by atoms with Crippen LogP contribution in [0.3, 0.4) is 0 Å². The number of morpholine rings is 1. The van der Waals surface area contributed by atoms with E-state index in [1.54, 1.807) is 12.0 Å². The van der Waals surface area contributed by atoms with E-state index in [0.29, 0.717) is 36.4 Å². The SMILES string of the molecule is COc1ccc2nc(N(CCN3CCOCC3)C(=O)C3Oc4ccccc4OC3C)sc2c1. The summed E-state index contributed by atoms with van der Waals surface area (Å²) in [6.45, 7) is 6.22. The minimum atomic E-state index is -0.758. The molecule has 8 nitrogen and oxygen atoms in total. The van der Waals surface area contributed by atoms with Gasteiger partial charge in [0, 0.05) is 26.2 Å². The van der Waals surface area contributed by atoms with E-state index in [9.17, 15) is 4.79 Å². The first-order valence-corrected chi connectivity index (χ1v) is 11.9. The molecule has 1 amide bonds. The molecule has 0 bridgehead atoms. The number of hydrogen-bond donors (Lipinski definition) is 0. The summed E-state index contributed by atoms with van der Waals surface area (Å²) in [5.41, 5.74) is 0.833. The average molecular weight is 470 g/mol. The molecule has 2 atom stereocenters. The summed E-state index contributed by atoms with van der Waals surface area (Å²) < 4.78 is 23.9. The minimum absolute atomic E-state index is 0.156. The topological polar surface area (TPSA) is 73.4 Å². The zero-order valence-corrected chi connectivity index (χ0v) is 19.5. The highest BCUT2D eigenvalue weighted by atomic mass is 32.1. The van der Waals surface area contributed by atoms with Crippen LogP contribution >= 0.6 is 11.3 Å². The Hall–Kier alpha value is -2.88. The predicted molar refractivity (Wildman–Crippen MR) is 127 cm³/mol. The van der Waals surface area contributed by atoms with Gasteiger partial charge >= 0.3 is 0 Å². The molecule has 2 unspecified atom stereocenters. The van der Waals surface area contributed by atoms with Crippen LogP contribution in [-0.4, -0.2) is 74.5 Å². The first-order valence-electron chi connectivity index (χ1n) is 11.1. The number of hydrogen-bond acceptors (Lipinski definition) is 8. The third-order valence-corrected chi connectivity index (χ3v) is 6.95. The van der Waals surface area contributed by atoms with Gasteiger partial charge in [0.2, 0.25) is 6.10 Å². The molecule has 2 aliphatic rings. The third-order valence-electron chi connectivity index (χ3n) is 5.91. The van der Waals surface area contributed by atoms with Gasteiger partial charge in [0.1, 0.15) is 11.9 Å². The smallest absolute Gasteiger partial charge is 0.273 e. The monoisotopic (exact) mass is 469 g/mol. The molecule has 1 aromatic heterocycles. The van der Waals surface area contributed by atoms with Gasteiger partial charge in [0.15, 0.2) is 16.6 Å². The van der Waals surface area contributed by atoms with Crippen LogP contribution in [0.4, 0.5) is 5.13 Å². The number of nitrogens with zero attached hydrogens (tertiary/aromatic N) is 3.